The van der Waals surface area contributed by atoms with E-state index in [9.17, 15) is 9.18 Å². The normalized spacial score (nSPS) is 20.3. The summed E-state index contributed by atoms with van der Waals surface area (Å²) in [5.41, 5.74) is 5.70. The van der Waals surface area contributed by atoms with Gasteiger partial charge in [0.2, 0.25) is 5.91 Å². The Labute approximate surface area is 137 Å². The Hall–Kier alpha value is -1.33. The van der Waals surface area contributed by atoms with E-state index < -0.39 is 0 Å². The van der Waals surface area contributed by atoms with Crippen LogP contribution in [0.1, 0.15) is 32.1 Å². The molecule has 6 heteroatoms. The molecular formula is C16H24ClFN2O2. The Bertz CT molecular complexity index is 473. The molecule has 1 aliphatic rings. The maximum atomic E-state index is 12.9. The van der Waals surface area contributed by atoms with Gasteiger partial charge in [-0.05, 0) is 43.9 Å². The first-order valence-corrected chi connectivity index (χ1v) is 7.57. The second kappa shape index (κ2) is 9.64. The van der Waals surface area contributed by atoms with Crippen LogP contribution in [0.15, 0.2) is 24.3 Å². The Morgan fingerprint density at radius 2 is 2.23 bits per heavy atom. The topological polar surface area (TPSA) is 64.3 Å². The maximum Gasteiger partial charge on any atom is 0.220 e. The largest absolute Gasteiger partial charge is 0.493 e. The van der Waals surface area contributed by atoms with Gasteiger partial charge >= 0.3 is 0 Å². The average Bonchev–Trinajstić information content (AvgIpc) is 2.91. The van der Waals surface area contributed by atoms with Gasteiger partial charge in [-0.15, -0.1) is 12.4 Å². The lowest BCUT2D eigenvalue weighted by Crippen LogP contribution is -2.39. The number of carbonyl (C=O) groups is 1. The summed E-state index contributed by atoms with van der Waals surface area (Å²) in [4.78, 5) is 11.9. The predicted octanol–water partition coefficient (Wildman–Crippen LogP) is 2.65. The van der Waals surface area contributed by atoms with Crippen molar-refractivity contribution < 1.29 is 13.9 Å². The van der Waals surface area contributed by atoms with E-state index in [1.807, 2.05) is 0 Å². The molecule has 0 aliphatic heterocycles. The van der Waals surface area contributed by atoms with Gasteiger partial charge in [-0.2, -0.15) is 0 Å². The molecule has 1 saturated carbocycles. The monoisotopic (exact) mass is 330 g/mol. The number of rotatable bonds is 7. The van der Waals surface area contributed by atoms with E-state index in [-0.39, 0.29) is 30.2 Å². The van der Waals surface area contributed by atoms with Gasteiger partial charge in [0.05, 0.1) is 6.61 Å². The van der Waals surface area contributed by atoms with Crippen LogP contribution in [0.25, 0.3) is 0 Å². The van der Waals surface area contributed by atoms with Crippen LogP contribution in [0.5, 0.6) is 5.75 Å². The summed E-state index contributed by atoms with van der Waals surface area (Å²) in [6.07, 6.45) is 4.29. The van der Waals surface area contributed by atoms with Crippen molar-refractivity contribution in [3.8, 4) is 5.75 Å². The van der Waals surface area contributed by atoms with Crippen LogP contribution in [0.3, 0.4) is 0 Å². The molecule has 0 radical (unpaired) electrons. The first-order chi connectivity index (χ1) is 10.2. The number of nitrogens with one attached hydrogen (secondary N) is 1. The third-order valence-electron chi connectivity index (χ3n) is 3.92. The second-order valence-electron chi connectivity index (χ2n) is 5.51. The molecule has 1 aliphatic carbocycles. The third-order valence-corrected chi connectivity index (χ3v) is 3.92. The molecule has 0 aromatic heterocycles. The summed E-state index contributed by atoms with van der Waals surface area (Å²) in [7, 11) is 0. The van der Waals surface area contributed by atoms with Gasteiger partial charge in [-0.3, -0.25) is 4.79 Å². The molecule has 3 N–H and O–H groups in total. The molecule has 0 heterocycles. The molecule has 1 fully saturated rings. The molecule has 2 rings (SSSR count). The number of amides is 1. The van der Waals surface area contributed by atoms with Crippen LogP contribution in [0.2, 0.25) is 0 Å². The lowest BCUT2D eigenvalue weighted by Gasteiger charge is -2.19. The van der Waals surface area contributed by atoms with Crippen molar-refractivity contribution in [1.82, 2.24) is 5.32 Å². The highest BCUT2D eigenvalue weighted by Crippen LogP contribution is 2.24. The fourth-order valence-corrected chi connectivity index (χ4v) is 2.77. The number of halogens is 2. The van der Waals surface area contributed by atoms with Crippen molar-refractivity contribution >= 4 is 18.3 Å². The highest BCUT2D eigenvalue weighted by atomic mass is 35.5. The van der Waals surface area contributed by atoms with Crippen LogP contribution >= 0.6 is 12.4 Å². The minimum atomic E-state index is -0.320. The predicted molar refractivity (Wildman–Crippen MR) is 86.7 cm³/mol. The molecule has 0 spiro atoms. The van der Waals surface area contributed by atoms with E-state index in [2.05, 4.69) is 5.32 Å². The Morgan fingerprint density at radius 1 is 1.41 bits per heavy atom. The van der Waals surface area contributed by atoms with Gasteiger partial charge in [0.1, 0.15) is 11.6 Å². The van der Waals surface area contributed by atoms with Crippen molar-refractivity contribution in [1.29, 1.82) is 0 Å². The van der Waals surface area contributed by atoms with E-state index >= 15 is 0 Å². The van der Waals surface area contributed by atoms with Crippen molar-refractivity contribution in [3.63, 3.8) is 0 Å². The van der Waals surface area contributed by atoms with Crippen molar-refractivity contribution in [3.05, 3.63) is 30.1 Å². The number of benzene rings is 1. The number of ether oxygens (including phenoxy) is 1. The minimum absolute atomic E-state index is 0. The SMILES string of the molecule is Cl.NCC1CCCC1NC(=O)CCCOc1cccc(F)c1. The molecule has 22 heavy (non-hydrogen) atoms. The highest BCUT2D eigenvalue weighted by Gasteiger charge is 2.26. The Morgan fingerprint density at radius 3 is 2.95 bits per heavy atom. The van der Waals surface area contributed by atoms with Crippen molar-refractivity contribution in [2.75, 3.05) is 13.2 Å². The van der Waals surface area contributed by atoms with Crippen LogP contribution in [0.4, 0.5) is 4.39 Å². The van der Waals surface area contributed by atoms with Gasteiger partial charge in [0.15, 0.2) is 0 Å². The molecule has 2 atom stereocenters. The fourth-order valence-electron chi connectivity index (χ4n) is 2.77. The zero-order valence-corrected chi connectivity index (χ0v) is 13.4. The van der Waals surface area contributed by atoms with Crippen LogP contribution in [-0.4, -0.2) is 25.1 Å². The Balaban J connectivity index is 0.00000242. The van der Waals surface area contributed by atoms with E-state index in [1.54, 1.807) is 12.1 Å². The zero-order chi connectivity index (χ0) is 15.1. The number of hydrogen-bond donors (Lipinski definition) is 2. The summed E-state index contributed by atoms with van der Waals surface area (Å²) in [6, 6.07) is 6.24. The number of nitrogens with two attached hydrogens (primary N) is 1. The molecule has 1 amide bonds. The third kappa shape index (κ3) is 5.81. The van der Waals surface area contributed by atoms with Crippen LogP contribution in [0, 0.1) is 11.7 Å². The van der Waals surface area contributed by atoms with Gasteiger partial charge < -0.3 is 15.8 Å². The van der Waals surface area contributed by atoms with E-state index in [0.29, 0.717) is 37.7 Å². The molecule has 4 nitrogen and oxygen atoms in total. The van der Waals surface area contributed by atoms with Crippen LogP contribution in [-0.2, 0) is 4.79 Å². The fraction of sp³-hybridized carbons (Fsp3) is 0.562. The van der Waals surface area contributed by atoms with E-state index in [0.717, 1.165) is 19.3 Å². The molecule has 2 unspecified atom stereocenters. The summed E-state index contributed by atoms with van der Waals surface area (Å²) < 4.78 is 18.4. The molecule has 0 saturated heterocycles. The van der Waals surface area contributed by atoms with E-state index in [4.69, 9.17) is 10.5 Å². The second-order valence-corrected chi connectivity index (χ2v) is 5.51. The molecule has 0 bridgehead atoms. The summed E-state index contributed by atoms with van der Waals surface area (Å²) in [6.45, 7) is 1.04. The van der Waals surface area contributed by atoms with Crippen molar-refractivity contribution in [2.45, 2.75) is 38.1 Å². The first kappa shape index (κ1) is 18.7. The highest BCUT2D eigenvalue weighted by molar-refractivity contribution is 5.85. The van der Waals surface area contributed by atoms with Gasteiger partial charge in [0, 0.05) is 18.5 Å². The van der Waals surface area contributed by atoms with Gasteiger partial charge in [-0.25, -0.2) is 4.39 Å². The first-order valence-electron chi connectivity index (χ1n) is 7.57. The zero-order valence-electron chi connectivity index (χ0n) is 12.6. The summed E-state index contributed by atoms with van der Waals surface area (Å²) in [5.74, 6) is 0.634. The lowest BCUT2D eigenvalue weighted by atomic mass is 10.0. The molecule has 1 aromatic carbocycles. The van der Waals surface area contributed by atoms with Crippen LogP contribution < -0.4 is 15.8 Å². The standard InChI is InChI=1S/C16H23FN2O2.ClH/c17-13-5-2-6-14(10-13)21-9-3-8-16(20)19-15-7-1-4-12(15)11-18;/h2,5-6,10,12,15H,1,3-4,7-9,11,18H2,(H,19,20);1H. The minimum Gasteiger partial charge on any atom is -0.493 e. The number of hydrogen-bond acceptors (Lipinski definition) is 3. The van der Waals surface area contributed by atoms with Crippen molar-refractivity contribution in [2.24, 2.45) is 11.7 Å². The lowest BCUT2D eigenvalue weighted by molar-refractivity contribution is -0.122. The smallest absolute Gasteiger partial charge is 0.220 e. The average molecular weight is 331 g/mol. The van der Waals surface area contributed by atoms with E-state index in [1.165, 1.54) is 12.1 Å². The van der Waals surface area contributed by atoms with Gasteiger partial charge in [0.25, 0.3) is 0 Å². The molecule has 124 valence electrons. The number of carbonyl (C=O) groups excluding carboxylic acids is 1. The summed E-state index contributed by atoms with van der Waals surface area (Å²) in [5, 5.41) is 3.05. The quantitative estimate of drug-likeness (QED) is 0.755. The van der Waals surface area contributed by atoms with Gasteiger partial charge in [-0.1, -0.05) is 12.5 Å². The molecule has 1 aromatic rings. The maximum absolute atomic E-state index is 12.9. The molecular weight excluding hydrogens is 307 g/mol. The summed E-state index contributed by atoms with van der Waals surface area (Å²) >= 11 is 0. The Kier molecular flexibility index (Phi) is 8.20.